The number of thiol groups is 1. The van der Waals surface area contributed by atoms with Crippen LogP contribution in [-0.4, -0.2) is 5.12 Å². The molecule has 0 radical (unpaired) electrons. The Kier molecular flexibility index (Phi) is 2.19. The SMILES string of the molecule is Cc1cccc(N)c1C(=O)S. The first-order valence-corrected chi connectivity index (χ1v) is 3.66. The molecule has 0 aliphatic heterocycles. The van der Waals surface area contributed by atoms with E-state index in [9.17, 15) is 4.79 Å². The van der Waals surface area contributed by atoms with Crippen LogP contribution in [0.1, 0.15) is 15.9 Å². The fourth-order valence-corrected chi connectivity index (χ4v) is 1.29. The first-order chi connectivity index (χ1) is 5.13. The highest BCUT2D eigenvalue weighted by atomic mass is 32.1. The van der Waals surface area contributed by atoms with Crippen LogP contribution in [0.3, 0.4) is 0 Å². The highest BCUT2D eigenvalue weighted by molar-refractivity contribution is 7.97. The molecule has 0 spiro atoms. The molecule has 2 N–H and O–H groups in total. The summed E-state index contributed by atoms with van der Waals surface area (Å²) in [5.74, 6) is 0. The van der Waals surface area contributed by atoms with E-state index in [0.717, 1.165) is 5.56 Å². The van der Waals surface area contributed by atoms with E-state index >= 15 is 0 Å². The number of anilines is 1. The Labute approximate surface area is 70.8 Å². The smallest absolute Gasteiger partial charge is 0.218 e. The molecule has 1 aromatic carbocycles. The molecule has 1 rings (SSSR count). The molecule has 0 bridgehead atoms. The van der Waals surface area contributed by atoms with Crippen LogP contribution in [0, 0.1) is 6.92 Å². The fraction of sp³-hybridized carbons (Fsp3) is 0.125. The maximum Gasteiger partial charge on any atom is 0.218 e. The molecular weight excluding hydrogens is 158 g/mol. The minimum absolute atomic E-state index is 0.277. The molecule has 0 aliphatic rings. The van der Waals surface area contributed by atoms with Crippen molar-refractivity contribution in [2.45, 2.75) is 6.92 Å². The zero-order chi connectivity index (χ0) is 8.43. The third kappa shape index (κ3) is 1.54. The minimum atomic E-state index is -0.277. The summed E-state index contributed by atoms with van der Waals surface area (Å²) in [5.41, 5.74) is 7.42. The van der Waals surface area contributed by atoms with Gasteiger partial charge in [0.25, 0.3) is 0 Å². The van der Waals surface area contributed by atoms with Crippen LogP contribution < -0.4 is 5.73 Å². The van der Waals surface area contributed by atoms with Crippen molar-refractivity contribution in [2.75, 3.05) is 5.73 Å². The van der Waals surface area contributed by atoms with Gasteiger partial charge in [0, 0.05) is 5.69 Å². The number of nitrogen functional groups attached to an aromatic ring is 1. The second-order valence-electron chi connectivity index (χ2n) is 2.34. The zero-order valence-corrected chi connectivity index (χ0v) is 7.06. The summed E-state index contributed by atoms with van der Waals surface area (Å²) in [6.45, 7) is 1.83. The number of carbonyl (C=O) groups is 1. The van der Waals surface area contributed by atoms with Crippen LogP contribution in [0.15, 0.2) is 18.2 Å². The van der Waals surface area contributed by atoms with Gasteiger partial charge in [-0.3, -0.25) is 4.79 Å². The number of hydrogen-bond donors (Lipinski definition) is 2. The fourth-order valence-electron chi connectivity index (χ4n) is 0.983. The van der Waals surface area contributed by atoms with Gasteiger partial charge in [-0.05, 0) is 18.6 Å². The maximum atomic E-state index is 10.9. The Morgan fingerprint density at radius 2 is 2.18 bits per heavy atom. The van der Waals surface area contributed by atoms with Gasteiger partial charge in [-0.25, -0.2) is 0 Å². The maximum absolute atomic E-state index is 10.9. The molecule has 11 heavy (non-hydrogen) atoms. The van der Waals surface area contributed by atoms with E-state index in [0.29, 0.717) is 11.3 Å². The number of benzene rings is 1. The first kappa shape index (κ1) is 8.14. The van der Waals surface area contributed by atoms with Crippen molar-refractivity contribution < 1.29 is 4.79 Å². The van der Waals surface area contributed by atoms with Crippen molar-refractivity contribution in [1.82, 2.24) is 0 Å². The first-order valence-electron chi connectivity index (χ1n) is 3.21. The van der Waals surface area contributed by atoms with Gasteiger partial charge < -0.3 is 5.73 Å². The van der Waals surface area contributed by atoms with E-state index in [4.69, 9.17) is 5.73 Å². The number of aryl methyl sites for hydroxylation is 1. The molecule has 0 atom stereocenters. The van der Waals surface area contributed by atoms with Crippen LogP contribution in [0.2, 0.25) is 0 Å². The Morgan fingerprint density at radius 1 is 1.55 bits per heavy atom. The summed E-state index contributed by atoms with van der Waals surface area (Å²) in [6, 6.07) is 5.33. The minimum Gasteiger partial charge on any atom is -0.398 e. The lowest BCUT2D eigenvalue weighted by atomic mass is 10.1. The van der Waals surface area contributed by atoms with E-state index in [1.54, 1.807) is 6.07 Å². The summed E-state index contributed by atoms with van der Waals surface area (Å²) >= 11 is 3.71. The Hall–Kier alpha value is -0.960. The quantitative estimate of drug-likeness (QED) is 0.493. The number of carbonyl (C=O) groups excluding carboxylic acids is 1. The summed E-state index contributed by atoms with van der Waals surface area (Å²) in [7, 11) is 0. The highest BCUT2D eigenvalue weighted by Crippen LogP contribution is 2.17. The summed E-state index contributed by atoms with van der Waals surface area (Å²) < 4.78 is 0. The Bertz CT molecular complexity index is 276. The molecule has 0 amide bonds. The zero-order valence-electron chi connectivity index (χ0n) is 6.16. The third-order valence-electron chi connectivity index (χ3n) is 1.52. The number of nitrogens with two attached hydrogens (primary N) is 1. The molecule has 0 saturated heterocycles. The largest absolute Gasteiger partial charge is 0.398 e. The van der Waals surface area contributed by atoms with Crippen molar-refractivity contribution in [3.63, 3.8) is 0 Å². The van der Waals surface area contributed by atoms with Crippen molar-refractivity contribution in [2.24, 2.45) is 0 Å². The van der Waals surface area contributed by atoms with Crippen molar-refractivity contribution in [3.05, 3.63) is 29.3 Å². The third-order valence-corrected chi connectivity index (χ3v) is 1.74. The van der Waals surface area contributed by atoms with Gasteiger partial charge in [0.15, 0.2) is 0 Å². The normalized spacial score (nSPS) is 9.64. The second-order valence-corrected chi connectivity index (χ2v) is 2.75. The van der Waals surface area contributed by atoms with E-state index in [-0.39, 0.29) is 5.12 Å². The second kappa shape index (κ2) is 2.96. The number of rotatable bonds is 1. The van der Waals surface area contributed by atoms with E-state index in [1.165, 1.54) is 0 Å². The number of hydrogen-bond acceptors (Lipinski definition) is 2. The molecule has 0 saturated carbocycles. The summed E-state index contributed by atoms with van der Waals surface area (Å²) in [5, 5.41) is -0.277. The lowest BCUT2D eigenvalue weighted by Crippen LogP contribution is -1.99. The predicted octanol–water partition coefficient (Wildman–Crippen LogP) is 1.65. The van der Waals surface area contributed by atoms with E-state index in [2.05, 4.69) is 12.6 Å². The van der Waals surface area contributed by atoms with Gasteiger partial charge in [-0.15, -0.1) is 12.6 Å². The van der Waals surface area contributed by atoms with E-state index < -0.39 is 0 Å². The highest BCUT2D eigenvalue weighted by Gasteiger charge is 2.06. The standard InChI is InChI=1S/C8H9NOS/c1-5-3-2-4-6(9)7(5)8(10)11/h2-4H,9H2,1H3,(H,10,11). The average Bonchev–Trinajstić information content (AvgIpc) is 1.85. The van der Waals surface area contributed by atoms with Gasteiger partial charge in [0.05, 0.1) is 5.56 Å². The molecule has 0 aromatic heterocycles. The van der Waals surface area contributed by atoms with Crippen LogP contribution in [0.4, 0.5) is 5.69 Å². The molecule has 0 heterocycles. The van der Waals surface area contributed by atoms with Crippen LogP contribution in [0.5, 0.6) is 0 Å². The van der Waals surface area contributed by atoms with Crippen molar-refractivity contribution in [1.29, 1.82) is 0 Å². The van der Waals surface area contributed by atoms with Gasteiger partial charge in [0.2, 0.25) is 5.12 Å². The van der Waals surface area contributed by atoms with Gasteiger partial charge in [-0.1, -0.05) is 12.1 Å². The summed E-state index contributed by atoms with van der Waals surface area (Å²) in [6.07, 6.45) is 0. The lowest BCUT2D eigenvalue weighted by Gasteiger charge is -2.03. The van der Waals surface area contributed by atoms with E-state index in [1.807, 2.05) is 19.1 Å². The van der Waals surface area contributed by atoms with Crippen LogP contribution in [0.25, 0.3) is 0 Å². The van der Waals surface area contributed by atoms with Crippen molar-refractivity contribution >= 4 is 23.4 Å². The topological polar surface area (TPSA) is 43.1 Å². The average molecular weight is 167 g/mol. The van der Waals surface area contributed by atoms with Crippen molar-refractivity contribution in [3.8, 4) is 0 Å². The summed E-state index contributed by atoms with van der Waals surface area (Å²) in [4.78, 5) is 10.9. The molecule has 0 aliphatic carbocycles. The van der Waals surface area contributed by atoms with Gasteiger partial charge in [-0.2, -0.15) is 0 Å². The predicted molar refractivity (Wildman–Crippen MR) is 48.9 cm³/mol. The lowest BCUT2D eigenvalue weighted by molar-refractivity contribution is 0.109. The molecule has 0 unspecified atom stereocenters. The monoisotopic (exact) mass is 167 g/mol. The van der Waals surface area contributed by atoms with Crippen LogP contribution in [-0.2, 0) is 0 Å². The molecule has 0 fully saturated rings. The van der Waals surface area contributed by atoms with Gasteiger partial charge >= 0.3 is 0 Å². The molecule has 58 valence electrons. The molecule has 2 nitrogen and oxygen atoms in total. The molecular formula is C8H9NOS. The molecule has 1 aromatic rings. The van der Waals surface area contributed by atoms with Crippen LogP contribution >= 0.6 is 12.6 Å². The van der Waals surface area contributed by atoms with Gasteiger partial charge in [0.1, 0.15) is 0 Å². The Balaban J connectivity index is 3.32. The molecule has 3 heteroatoms. The Morgan fingerprint density at radius 3 is 2.55 bits per heavy atom.